The number of para-hydroxylation sites is 1. The maximum absolute atomic E-state index is 9.77. The highest BCUT2D eigenvalue weighted by Crippen LogP contribution is 2.28. The standard InChI is InChI=1S/C12H16ClNO2/c13-11-3-1-2-9(12(11)16)8-14-6-4-10(15)5-7-14/h1-3,10,15-16H,4-8H2. The maximum Gasteiger partial charge on any atom is 0.138 e. The number of phenols is 1. The van der Waals surface area contributed by atoms with E-state index in [0.29, 0.717) is 11.6 Å². The molecule has 1 aliphatic heterocycles. The fourth-order valence-electron chi connectivity index (χ4n) is 2.01. The molecule has 1 saturated heterocycles. The summed E-state index contributed by atoms with van der Waals surface area (Å²) in [5.41, 5.74) is 0.851. The molecule has 4 heteroatoms. The molecule has 0 unspecified atom stereocenters. The van der Waals surface area contributed by atoms with Crippen LogP contribution < -0.4 is 0 Å². The third-order valence-electron chi connectivity index (χ3n) is 3.02. The van der Waals surface area contributed by atoms with Crippen molar-refractivity contribution in [2.24, 2.45) is 0 Å². The Morgan fingerprint density at radius 1 is 1.31 bits per heavy atom. The van der Waals surface area contributed by atoms with Crippen molar-refractivity contribution in [3.05, 3.63) is 28.8 Å². The zero-order chi connectivity index (χ0) is 11.5. The molecule has 88 valence electrons. The minimum Gasteiger partial charge on any atom is -0.506 e. The van der Waals surface area contributed by atoms with Gasteiger partial charge in [-0.2, -0.15) is 0 Å². The van der Waals surface area contributed by atoms with Crippen LogP contribution in [0.2, 0.25) is 5.02 Å². The molecule has 0 amide bonds. The van der Waals surface area contributed by atoms with Crippen LogP contribution in [0.15, 0.2) is 18.2 Å². The average Bonchev–Trinajstić information content (AvgIpc) is 2.28. The molecule has 0 spiro atoms. The highest BCUT2D eigenvalue weighted by atomic mass is 35.5. The van der Waals surface area contributed by atoms with Gasteiger partial charge in [-0.05, 0) is 18.9 Å². The van der Waals surface area contributed by atoms with Gasteiger partial charge in [0, 0.05) is 25.2 Å². The number of aromatic hydroxyl groups is 1. The Kier molecular flexibility index (Phi) is 3.69. The van der Waals surface area contributed by atoms with Crippen molar-refractivity contribution < 1.29 is 10.2 Å². The average molecular weight is 242 g/mol. The number of aliphatic hydroxyl groups is 1. The summed E-state index contributed by atoms with van der Waals surface area (Å²) in [7, 11) is 0. The quantitative estimate of drug-likeness (QED) is 0.833. The smallest absolute Gasteiger partial charge is 0.138 e. The van der Waals surface area contributed by atoms with Crippen LogP contribution >= 0.6 is 11.6 Å². The summed E-state index contributed by atoms with van der Waals surface area (Å²) in [6.07, 6.45) is 1.45. The molecule has 16 heavy (non-hydrogen) atoms. The molecule has 0 atom stereocenters. The van der Waals surface area contributed by atoms with Gasteiger partial charge in [0.25, 0.3) is 0 Å². The van der Waals surface area contributed by atoms with Gasteiger partial charge in [0.05, 0.1) is 11.1 Å². The van der Waals surface area contributed by atoms with Gasteiger partial charge in [-0.3, -0.25) is 4.90 Å². The number of phenolic OH excluding ortho intramolecular Hbond substituents is 1. The van der Waals surface area contributed by atoms with E-state index in [4.69, 9.17) is 11.6 Å². The van der Waals surface area contributed by atoms with E-state index in [0.717, 1.165) is 31.5 Å². The number of piperidine rings is 1. The first-order valence-corrected chi connectivity index (χ1v) is 5.91. The highest BCUT2D eigenvalue weighted by molar-refractivity contribution is 6.32. The fraction of sp³-hybridized carbons (Fsp3) is 0.500. The molecule has 2 N–H and O–H groups in total. The summed E-state index contributed by atoms with van der Waals surface area (Å²) >= 11 is 5.85. The molecule has 1 heterocycles. The molecule has 1 fully saturated rings. The summed E-state index contributed by atoms with van der Waals surface area (Å²) < 4.78 is 0. The van der Waals surface area contributed by atoms with Crippen LogP contribution in [0.5, 0.6) is 5.75 Å². The van der Waals surface area contributed by atoms with Crippen LogP contribution in [0.1, 0.15) is 18.4 Å². The second-order valence-corrected chi connectivity index (χ2v) is 4.66. The molecule has 0 bridgehead atoms. The predicted molar refractivity (Wildman–Crippen MR) is 63.6 cm³/mol. The predicted octanol–water partition coefficient (Wildman–Crippen LogP) is 2.00. The largest absolute Gasteiger partial charge is 0.506 e. The van der Waals surface area contributed by atoms with Crippen LogP contribution in [0.3, 0.4) is 0 Å². The number of hydrogen-bond donors (Lipinski definition) is 2. The second-order valence-electron chi connectivity index (χ2n) is 4.25. The van der Waals surface area contributed by atoms with E-state index >= 15 is 0 Å². The summed E-state index contributed by atoms with van der Waals surface area (Å²) in [6, 6.07) is 5.41. The van der Waals surface area contributed by atoms with Crippen molar-refractivity contribution in [1.29, 1.82) is 0 Å². The molecule has 3 nitrogen and oxygen atoms in total. The Bertz CT molecular complexity index is 362. The second kappa shape index (κ2) is 5.04. The van der Waals surface area contributed by atoms with Gasteiger partial charge >= 0.3 is 0 Å². The van der Waals surface area contributed by atoms with Crippen molar-refractivity contribution in [3.8, 4) is 5.75 Å². The van der Waals surface area contributed by atoms with Crippen molar-refractivity contribution in [1.82, 2.24) is 4.90 Å². The van der Waals surface area contributed by atoms with Gasteiger partial charge < -0.3 is 10.2 Å². The van der Waals surface area contributed by atoms with Crippen LogP contribution in [-0.4, -0.2) is 34.3 Å². The number of likely N-dealkylation sites (tertiary alicyclic amines) is 1. The van der Waals surface area contributed by atoms with E-state index in [1.54, 1.807) is 6.07 Å². The van der Waals surface area contributed by atoms with Crippen LogP contribution in [0, 0.1) is 0 Å². The third kappa shape index (κ3) is 2.67. The SMILES string of the molecule is Oc1c(Cl)cccc1CN1CCC(O)CC1. The molecule has 1 aromatic carbocycles. The van der Waals surface area contributed by atoms with E-state index in [-0.39, 0.29) is 11.9 Å². The molecular formula is C12H16ClNO2. The van der Waals surface area contributed by atoms with Gasteiger partial charge in [0.15, 0.2) is 0 Å². The Labute approximate surface area is 100 Å². The molecule has 0 aromatic heterocycles. The van der Waals surface area contributed by atoms with Gasteiger partial charge in [-0.25, -0.2) is 0 Å². The monoisotopic (exact) mass is 241 g/mol. The fourth-order valence-corrected chi connectivity index (χ4v) is 2.20. The first-order valence-electron chi connectivity index (χ1n) is 5.53. The van der Waals surface area contributed by atoms with Crippen LogP contribution in [0.4, 0.5) is 0 Å². The molecule has 0 radical (unpaired) electrons. The van der Waals surface area contributed by atoms with Crippen LogP contribution in [-0.2, 0) is 6.54 Å². The Morgan fingerprint density at radius 3 is 2.69 bits per heavy atom. The first kappa shape index (κ1) is 11.7. The number of nitrogens with zero attached hydrogens (tertiary/aromatic N) is 1. The number of benzene rings is 1. The van der Waals surface area contributed by atoms with Crippen LogP contribution in [0.25, 0.3) is 0 Å². The zero-order valence-corrected chi connectivity index (χ0v) is 9.82. The maximum atomic E-state index is 9.77. The normalized spacial score (nSPS) is 18.9. The van der Waals surface area contributed by atoms with Crippen molar-refractivity contribution >= 4 is 11.6 Å². The highest BCUT2D eigenvalue weighted by Gasteiger charge is 2.18. The van der Waals surface area contributed by atoms with E-state index in [9.17, 15) is 10.2 Å². The number of halogens is 1. The summed E-state index contributed by atoms with van der Waals surface area (Å²) in [4.78, 5) is 2.22. The van der Waals surface area contributed by atoms with Crippen molar-refractivity contribution in [2.75, 3.05) is 13.1 Å². The lowest BCUT2D eigenvalue weighted by molar-refractivity contribution is 0.0789. The van der Waals surface area contributed by atoms with E-state index in [2.05, 4.69) is 4.90 Å². The Balaban J connectivity index is 2.01. The number of hydrogen-bond acceptors (Lipinski definition) is 3. The summed E-state index contributed by atoms with van der Waals surface area (Å²) in [5.74, 6) is 0.176. The molecular weight excluding hydrogens is 226 g/mol. The van der Waals surface area contributed by atoms with Crippen molar-refractivity contribution in [2.45, 2.75) is 25.5 Å². The lowest BCUT2D eigenvalue weighted by Crippen LogP contribution is -2.35. The minimum atomic E-state index is -0.163. The van der Waals surface area contributed by atoms with E-state index in [1.807, 2.05) is 12.1 Å². The topological polar surface area (TPSA) is 43.7 Å². The Morgan fingerprint density at radius 2 is 2.00 bits per heavy atom. The molecule has 0 saturated carbocycles. The minimum absolute atomic E-state index is 0.163. The van der Waals surface area contributed by atoms with Gasteiger partial charge in [-0.15, -0.1) is 0 Å². The third-order valence-corrected chi connectivity index (χ3v) is 3.33. The number of aliphatic hydroxyl groups excluding tert-OH is 1. The molecule has 1 aliphatic rings. The van der Waals surface area contributed by atoms with E-state index < -0.39 is 0 Å². The number of rotatable bonds is 2. The summed E-state index contributed by atoms with van der Waals surface area (Å²) in [6.45, 7) is 2.43. The molecule has 1 aromatic rings. The molecule has 2 rings (SSSR count). The lowest BCUT2D eigenvalue weighted by Gasteiger charge is -2.29. The lowest BCUT2D eigenvalue weighted by atomic mass is 10.1. The van der Waals surface area contributed by atoms with E-state index in [1.165, 1.54) is 0 Å². The van der Waals surface area contributed by atoms with Gasteiger partial charge in [0.1, 0.15) is 5.75 Å². The van der Waals surface area contributed by atoms with Gasteiger partial charge in [-0.1, -0.05) is 23.7 Å². The summed E-state index contributed by atoms with van der Waals surface area (Å²) in [5, 5.41) is 19.6. The van der Waals surface area contributed by atoms with Crippen molar-refractivity contribution in [3.63, 3.8) is 0 Å². The van der Waals surface area contributed by atoms with Gasteiger partial charge in [0.2, 0.25) is 0 Å². The molecule has 0 aliphatic carbocycles. The zero-order valence-electron chi connectivity index (χ0n) is 9.06. The Hall–Kier alpha value is -0.770. The first-order chi connectivity index (χ1) is 7.66.